The highest BCUT2D eigenvalue weighted by molar-refractivity contribution is 6.37. The number of benzene rings is 3. The SMILES string of the molecule is Cc1cc(NC(=O)Nc2ccc(Cl)cc2)ccc1N1C(=O)c2ccc(Cl)cc2C1=O. The molecule has 1 heterocycles. The summed E-state index contributed by atoms with van der Waals surface area (Å²) in [7, 11) is 0. The van der Waals surface area contributed by atoms with Crippen LogP contribution in [0.5, 0.6) is 0 Å². The number of carbonyl (C=O) groups excluding carboxylic acids is 3. The minimum Gasteiger partial charge on any atom is -0.308 e. The van der Waals surface area contributed by atoms with Gasteiger partial charge in [-0.1, -0.05) is 23.2 Å². The summed E-state index contributed by atoms with van der Waals surface area (Å²) in [5.41, 5.74) is 2.79. The Bertz CT molecular complexity index is 1190. The van der Waals surface area contributed by atoms with Crippen molar-refractivity contribution in [2.24, 2.45) is 0 Å². The van der Waals surface area contributed by atoms with Gasteiger partial charge >= 0.3 is 6.03 Å². The number of fused-ring (bicyclic) bond motifs is 1. The number of imide groups is 1. The van der Waals surface area contributed by atoms with E-state index >= 15 is 0 Å². The van der Waals surface area contributed by atoms with E-state index in [1.54, 1.807) is 61.5 Å². The summed E-state index contributed by atoms with van der Waals surface area (Å²) in [5, 5.41) is 6.38. The zero-order valence-corrected chi connectivity index (χ0v) is 17.2. The molecule has 1 aliphatic rings. The molecule has 6 nitrogen and oxygen atoms in total. The Labute approximate surface area is 182 Å². The summed E-state index contributed by atoms with van der Waals surface area (Å²) in [6.07, 6.45) is 0. The molecule has 4 rings (SSSR count). The quantitative estimate of drug-likeness (QED) is 0.510. The van der Waals surface area contributed by atoms with E-state index in [4.69, 9.17) is 23.2 Å². The van der Waals surface area contributed by atoms with Crippen LogP contribution in [-0.2, 0) is 0 Å². The summed E-state index contributed by atoms with van der Waals surface area (Å²) in [4.78, 5) is 38.8. The first-order valence-electron chi connectivity index (χ1n) is 8.96. The lowest BCUT2D eigenvalue weighted by atomic mass is 10.1. The normalized spacial score (nSPS) is 12.7. The van der Waals surface area contributed by atoms with Gasteiger partial charge in [-0.25, -0.2) is 9.69 Å². The van der Waals surface area contributed by atoms with Crippen LogP contribution >= 0.6 is 23.2 Å². The first-order chi connectivity index (χ1) is 14.3. The number of carbonyl (C=O) groups is 3. The van der Waals surface area contributed by atoms with Crippen LogP contribution in [0.2, 0.25) is 10.0 Å². The molecule has 0 aromatic heterocycles. The highest BCUT2D eigenvalue weighted by atomic mass is 35.5. The van der Waals surface area contributed by atoms with Crippen LogP contribution in [0.25, 0.3) is 0 Å². The predicted molar refractivity (Wildman–Crippen MR) is 118 cm³/mol. The van der Waals surface area contributed by atoms with Gasteiger partial charge in [0.25, 0.3) is 11.8 Å². The minimum atomic E-state index is -0.431. The predicted octanol–water partition coefficient (Wildman–Crippen LogP) is 5.75. The fourth-order valence-corrected chi connectivity index (χ4v) is 3.54. The van der Waals surface area contributed by atoms with Gasteiger partial charge in [0.1, 0.15) is 0 Å². The highest BCUT2D eigenvalue weighted by Gasteiger charge is 2.37. The molecule has 0 saturated carbocycles. The van der Waals surface area contributed by atoms with Crippen molar-refractivity contribution in [1.29, 1.82) is 0 Å². The largest absolute Gasteiger partial charge is 0.323 e. The van der Waals surface area contributed by atoms with Gasteiger partial charge in [-0.3, -0.25) is 9.59 Å². The number of hydrogen-bond acceptors (Lipinski definition) is 3. The van der Waals surface area contributed by atoms with E-state index in [0.29, 0.717) is 38.2 Å². The fourth-order valence-electron chi connectivity index (χ4n) is 3.24. The number of aryl methyl sites for hydroxylation is 1. The molecule has 0 aliphatic carbocycles. The second-order valence-electron chi connectivity index (χ2n) is 6.72. The van der Waals surface area contributed by atoms with E-state index in [0.717, 1.165) is 4.90 Å². The van der Waals surface area contributed by atoms with Crippen molar-refractivity contribution in [3.8, 4) is 0 Å². The highest BCUT2D eigenvalue weighted by Crippen LogP contribution is 2.33. The zero-order valence-electron chi connectivity index (χ0n) is 15.7. The summed E-state index contributed by atoms with van der Waals surface area (Å²) in [6, 6.07) is 15.8. The van der Waals surface area contributed by atoms with Crippen LogP contribution < -0.4 is 15.5 Å². The molecule has 30 heavy (non-hydrogen) atoms. The molecule has 8 heteroatoms. The minimum absolute atomic E-state index is 0.274. The third-order valence-corrected chi connectivity index (χ3v) is 5.13. The molecule has 3 aromatic rings. The molecule has 4 amide bonds. The monoisotopic (exact) mass is 439 g/mol. The molecule has 0 unspecified atom stereocenters. The molecule has 2 N–H and O–H groups in total. The van der Waals surface area contributed by atoms with Crippen molar-refractivity contribution in [3.63, 3.8) is 0 Å². The van der Waals surface area contributed by atoms with Crippen LogP contribution in [0.3, 0.4) is 0 Å². The Kier molecular flexibility index (Phi) is 5.20. The van der Waals surface area contributed by atoms with Gasteiger partial charge in [0.05, 0.1) is 16.8 Å². The average Bonchev–Trinajstić information content (AvgIpc) is 2.94. The molecular formula is C22H15Cl2N3O3. The van der Waals surface area contributed by atoms with Gasteiger partial charge in [-0.15, -0.1) is 0 Å². The van der Waals surface area contributed by atoms with Crippen molar-refractivity contribution in [1.82, 2.24) is 0 Å². The van der Waals surface area contributed by atoms with Crippen molar-refractivity contribution < 1.29 is 14.4 Å². The van der Waals surface area contributed by atoms with Gasteiger partial charge < -0.3 is 10.6 Å². The van der Waals surface area contributed by atoms with E-state index < -0.39 is 17.8 Å². The van der Waals surface area contributed by atoms with E-state index in [9.17, 15) is 14.4 Å². The number of rotatable bonds is 3. The number of amides is 4. The van der Waals surface area contributed by atoms with Gasteiger partial charge in [0.2, 0.25) is 0 Å². The molecule has 0 atom stereocenters. The lowest BCUT2D eigenvalue weighted by Crippen LogP contribution is -2.30. The Morgan fingerprint density at radius 1 is 0.767 bits per heavy atom. The summed E-state index contributed by atoms with van der Waals surface area (Å²) >= 11 is 11.8. The number of hydrogen-bond donors (Lipinski definition) is 2. The summed E-state index contributed by atoms with van der Waals surface area (Å²) in [6.45, 7) is 1.76. The van der Waals surface area contributed by atoms with Crippen molar-refractivity contribution in [2.75, 3.05) is 15.5 Å². The number of nitrogens with zero attached hydrogens (tertiary/aromatic N) is 1. The Morgan fingerprint density at radius 3 is 2.07 bits per heavy atom. The molecule has 0 radical (unpaired) electrons. The number of nitrogens with one attached hydrogen (secondary N) is 2. The van der Waals surface area contributed by atoms with Gasteiger partial charge in [-0.05, 0) is 73.2 Å². The molecule has 0 saturated heterocycles. The van der Waals surface area contributed by atoms with Crippen LogP contribution in [0.4, 0.5) is 21.9 Å². The van der Waals surface area contributed by atoms with Crippen LogP contribution in [0.1, 0.15) is 26.3 Å². The zero-order chi connectivity index (χ0) is 21.4. The first kappa shape index (κ1) is 19.9. The lowest BCUT2D eigenvalue weighted by molar-refractivity contribution is 0.0926. The average molecular weight is 440 g/mol. The van der Waals surface area contributed by atoms with Gasteiger partial charge in [0.15, 0.2) is 0 Å². The Hall–Kier alpha value is -3.35. The Morgan fingerprint density at radius 2 is 1.37 bits per heavy atom. The van der Waals surface area contributed by atoms with E-state index in [1.807, 2.05) is 0 Å². The third kappa shape index (κ3) is 3.75. The fraction of sp³-hybridized carbons (Fsp3) is 0.0455. The van der Waals surface area contributed by atoms with Crippen LogP contribution in [0, 0.1) is 6.92 Å². The van der Waals surface area contributed by atoms with E-state index in [2.05, 4.69) is 10.6 Å². The summed E-state index contributed by atoms with van der Waals surface area (Å²) in [5.74, 6) is -0.835. The second-order valence-corrected chi connectivity index (χ2v) is 7.60. The smallest absolute Gasteiger partial charge is 0.308 e. The molecule has 0 spiro atoms. The standard InChI is InChI=1S/C22H15Cl2N3O3/c1-12-10-16(26-22(30)25-15-5-2-13(23)3-6-15)7-9-19(12)27-20(28)17-8-4-14(24)11-18(17)21(27)29/h2-11H,1H3,(H2,25,26,30). The van der Waals surface area contributed by atoms with E-state index in [1.165, 1.54) is 6.07 Å². The maximum absolute atomic E-state index is 12.8. The number of halogens is 2. The molecule has 150 valence electrons. The lowest BCUT2D eigenvalue weighted by Gasteiger charge is -2.18. The van der Waals surface area contributed by atoms with Gasteiger partial charge in [0, 0.05) is 21.4 Å². The Balaban J connectivity index is 1.52. The molecule has 3 aromatic carbocycles. The molecule has 1 aliphatic heterocycles. The molecule has 0 fully saturated rings. The third-order valence-electron chi connectivity index (χ3n) is 4.65. The maximum atomic E-state index is 12.8. The summed E-state index contributed by atoms with van der Waals surface area (Å²) < 4.78 is 0. The van der Waals surface area contributed by atoms with E-state index in [-0.39, 0.29) is 5.56 Å². The maximum Gasteiger partial charge on any atom is 0.323 e. The first-order valence-corrected chi connectivity index (χ1v) is 9.71. The molecule has 0 bridgehead atoms. The topological polar surface area (TPSA) is 78.5 Å². The van der Waals surface area contributed by atoms with Crippen molar-refractivity contribution in [3.05, 3.63) is 87.4 Å². The van der Waals surface area contributed by atoms with Crippen molar-refractivity contribution >= 4 is 58.1 Å². The van der Waals surface area contributed by atoms with Gasteiger partial charge in [-0.2, -0.15) is 0 Å². The second kappa shape index (κ2) is 7.82. The van der Waals surface area contributed by atoms with Crippen LogP contribution in [0.15, 0.2) is 60.7 Å². The number of urea groups is 1. The van der Waals surface area contributed by atoms with Crippen LogP contribution in [-0.4, -0.2) is 17.8 Å². The number of anilines is 3. The van der Waals surface area contributed by atoms with Crippen molar-refractivity contribution in [2.45, 2.75) is 6.92 Å². The molecular weight excluding hydrogens is 425 g/mol.